The topological polar surface area (TPSA) is 92.8 Å². The average molecular weight is 384 g/mol. The molecule has 3 rings (SSSR count). The number of aromatic nitrogens is 1. The number of hydrogen-bond acceptors (Lipinski definition) is 6. The fourth-order valence-electron chi connectivity index (χ4n) is 3.43. The molecule has 7 heteroatoms. The largest absolute Gasteiger partial charge is 0.462 e. The van der Waals surface area contributed by atoms with Crippen LogP contribution >= 0.6 is 0 Å². The summed E-state index contributed by atoms with van der Waals surface area (Å²) in [4.78, 5) is 26.0. The van der Waals surface area contributed by atoms with Crippen LogP contribution in [-0.4, -0.2) is 30.9 Å². The first kappa shape index (κ1) is 19.7. The first-order valence-corrected chi connectivity index (χ1v) is 9.12. The van der Waals surface area contributed by atoms with E-state index in [0.29, 0.717) is 24.5 Å². The minimum absolute atomic E-state index is 0.0479. The van der Waals surface area contributed by atoms with Crippen molar-refractivity contribution in [3.05, 3.63) is 75.0 Å². The molecular weight excluding hydrogens is 360 g/mol. The zero-order valence-electron chi connectivity index (χ0n) is 16.2. The van der Waals surface area contributed by atoms with Gasteiger partial charge >= 0.3 is 5.97 Å². The van der Waals surface area contributed by atoms with Crippen LogP contribution in [0.15, 0.2) is 52.6 Å². The van der Waals surface area contributed by atoms with E-state index in [1.165, 1.54) is 0 Å². The molecule has 1 aliphatic heterocycles. The van der Waals surface area contributed by atoms with Crippen molar-refractivity contribution in [3.8, 4) is 5.75 Å². The van der Waals surface area contributed by atoms with Gasteiger partial charge in [0.25, 0.3) is 5.56 Å². The standard InChI is InChI=1S/C21H24N2O5/c1-4-27-21(25)18-16(14-8-6-5-7-9-14)17-15(28-19(18)22)12-13(2)23(20(17)24)10-11-26-3/h5-9,12,16H,4,10-11,22H2,1-3H3. The molecule has 0 spiro atoms. The van der Waals surface area contributed by atoms with E-state index in [9.17, 15) is 9.59 Å². The van der Waals surface area contributed by atoms with Crippen molar-refractivity contribution in [3.63, 3.8) is 0 Å². The first-order valence-electron chi connectivity index (χ1n) is 9.12. The lowest BCUT2D eigenvalue weighted by Crippen LogP contribution is -2.35. The maximum Gasteiger partial charge on any atom is 0.340 e. The van der Waals surface area contributed by atoms with Crippen LogP contribution in [0.1, 0.15) is 29.7 Å². The predicted octanol–water partition coefficient (Wildman–Crippen LogP) is 2.06. The molecule has 2 heterocycles. The highest BCUT2D eigenvalue weighted by Gasteiger charge is 2.38. The fraction of sp³-hybridized carbons (Fsp3) is 0.333. The van der Waals surface area contributed by atoms with Gasteiger partial charge in [-0.25, -0.2) is 4.79 Å². The molecule has 0 radical (unpaired) electrons. The van der Waals surface area contributed by atoms with Gasteiger partial charge in [-0.05, 0) is 19.4 Å². The minimum Gasteiger partial charge on any atom is -0.462 e. The van der Waals surface area contributed by atoms with Crippen LogP contribution in [0.2, 0.25) is 0 Å². The number of pyridine rings is 1. The molecule has 0 bridgehead atoms. The van der Waals surface area contributed by atoms with Gasteiger partial charge in [0.2, 0.25) is 5.88 Å². The van der Waals surface area contributed by atoms with Crippen LogP contribution in [0.25, 0.3) is 0 Å². The summed E-state index contributed by atoms with van der Waals surface area (Å²) in [7, 11) is 1.58. The number of carbonyl (C=O) groups excluding carboxylic acids is 1. The van der Waals surface area contributed by atoms with E-state index in [4.69, 9.17) is 19.9 Å². The normalized spacial score (nSPS) is 15.8. The Morgan fingerprint density at radius 2 is 2.00 bits per heavy atom. The van der Waals surface area contributed by atoms with Gasteiger partial charge in [0, 0.05) is 25.4 Å². The molecule has 1 aromatic carbocycles. The van der Waals surface area contributed by atoms with Crippen molar-refractivity contribution >= 4 is 5.97 Å². The molecule has 7 nitrogen and oxygen atoms in total. The lowest BCUT2D eigenvalue weighted by Gasteiger charge is -2.29. The highest BCUT2D eigenvalue weighted by molar-refractivity contribution is 5.92. The van der Waals surface area contributed by atoms with Crippen molar-refractivity contribution in [1.82, 2.24) is 4.57 Å². The number of hydrogen-bond donors (Lipinski definition) is 1. The van der Waals surface area contributed by atoms with Crippen LogP contribution in [0.4, 0.5) is 0 Å². The van der Waals surface area contributed by atoms with Crippen molar-refractivity contribution in [2.75, 3.05) is 20.3 Å². The summed E-state index contributed by atoms with van der Waals surface area (Å²) in [5.74, 6) is -0.961. The zero-order valence-corrected chi connectivity index (χ0v) is 16.2. The summed E-state index contributed by atoms with van der Waals surface area (Å²) >= 11 is 0. The summed E-state index contributed by atoms with van der Waals surface area (Å²) in [5.41, 5.74) is 7.85. The van der Waals surface area contributed by atoms with Crippen molar-refractivity contribution in [1.29, 1.82) is 0 Å². The van der Waals surface area contributed by atoms with E-state index in [1.807, 2.05) is 37.3 Å². The zero-order chi connectivity index (χ0) is 20.3. The second-order valence-electron chi connectivity index (χ2n) is 6.46. The van der Waals surface area contributed by atoms with Gasteiger partial charge in [-0.1, -0.05) is 30.3 Å². The van der Waals surface area contributed by atoms with E-state index in [0.717, 1.165) is 11.3 Å². The van der Waals surface area contributed by atoms with Gasteiger partial charge in [0.1, 0.15) is 11.3 Å². The Bertz CT molecular complexity index is 963. The van der Waals surface area contributed by atoms with Gasteiger partial charge in [-0.3, -0.25) is 4.79 Å². The van der Waals surface area contributed by atoms with Crippen LogP contribution in [0.5, 0.6) is 5.75 Å². The summed E-state index contributed by atoms with van der Waals surface area (Å²) in [6, 6.07) is 11.0. The number of aryl methyl sites for hydroxylation is 1. The third-order valence-electron chi connectivity index (χ3n) is 4.72. The molecule has 0 amide bonds. The summed E-state index contributed by atoms with van der Waals surface area (Å²) in [6.07, 6.45) is 0. The van der Waals surface area contributed by atoms with Crippen LogP contribution in [0, 0.1) is 6.92 Å². The summed E-state index contributed by atoms with van der Waals surface area (Å²) in [6.45, 7) is 4.50. The molecule has 2 aromatic rings. The number of ether oxygens (including phenoxy) is 3. The highest BCUT2D eigenvalue weighted by Crippen LogP contribution is 2.41. The molecule has 0 saturated carbocycles. The number of fused-ring (bicyclic) bond motifs is 1. The molecule has 1 aliphatic rings. The summed E-state index contributed by atoms with van der Waals surface area (Å²) < 4.78 is 17.6. The minimum atomic E-state index is -0.675. The Kier molecular flexibility index (Phi) is 5.84. The maximum atomic E-state index is 13.4. The Hall–Kier alpha value is -3.06. The Morgan fingerprint density at radius 1 is 1.29 bits per heavy atom. The van der Waals surface area contributed by atoms with Crippen molar-refractivity contribution < 1.29 is 19.0 Å². The van der Waals surface area contributed by atoms with E-state index < -0.39 is 11.9 Å². The highest BCUT2D eigenvalue weighted by atomic mass is 16.5. The second-order valence-corrected chi connectivity index (χ2v) is 6.46. The molecule has 148 valence electrons. The smallest absolute Gasteiger partial charge is 0.340 e. The quantitative estimate of drug-likeness (QED) is 0.767. The lowest BCUT2D eigenvalue weighted by atomic mass is 9.83. The molecular formula is C21H24N2O5. The molecule has 2 N–H and O–H groups in total. The molecule has 0 saturated heterocycles. The van der Waals surface area contributed by atoms with Crippen molar-refractivity contribution in [2.24, 2.45) is 5.73 Å². The van der Waals surface area contributed by atoms with Gasteiger partial charge in [-0.2, -0.15) is 0 Å². The number of rotatable bonds is 6. The Balaban J connectivity index is 2.25. The molecule has 0 aliphatic carbocycles. The van der Waals surface area contributed by atoms with Crippen LogP contribution in [-0.2, 0) is 20.8 Å². The van der Waals surface area contributed by atoms with E-state index in [2.05, 4.69) is 0 Å². The Labute approximate surface area is 163 Å². The molecule has 0 fully saturated rings. The third-order valence-corrected chi connectivity index (χ3v) is 4.72. The van der Waals surface area contributed by atoms with E-state index >= 15 is 0 Å². The monoisotopic (exact) mass is 384 g/mol. The van der Waals surface area contributed by atoms with Crippen LogP contribution in [0.3, 0.4) is 0 Å². The number of esters is 1. The number of benzene rings is 1. The van der Waals surface area contributed by atoms with Gasteiger partial charge in [0.05, 0.1) is 24.7 Å². The fourth-order valence-corrected chi connectivity index (χ4v) is 3.43. The number of nitrogens with zero attached hydrogens (tertiary/aromatic N) is 1. The predicted molar refractivity (Wildman–Crippen MR) is 104 cm³/mol. The molecule has 1 aromatic heterocycles. The number of methoxy groups -OCH3 is 1. The van der Waals surface area contributed by atoms with Gasteiger partial charge in [0.15, 0.2) is 0 Å². The van der Waals surface area contributed by atoms with Gasteiger partial charge < -0.3 is 24.5 Å². The number of nitrogens with two attached hydrogens (primary N) is 1. The van der Waals surface area contributed by atoms with E-state index in [1.54, 1.807) is 24.7 Å². The van der Waals surface area contributed by atoms with Crippen LogP contribution < -0.4 is 16.0 Å². The van der Waals surface area contributed by atoms with Gasteiger partial charge in [-0.15, -0.1) is 0 Å². The molecule has 1 atom stereocenters. The first-order chi connectivity index (χ1) is 13.5. The maximum absolute atomic E-state index is 13.4. The summed E-state index contributed by atoms with van der Waals surface area (Å²) in [5, 5.41) is 0. The van der Waals surface area contributed by atoms with Crippen molar-refractivity contribution in [2.45, 2.75) is 26.3 Å². The average Bonchev–Trinajstić information content (AvgIpc) is 2.67. The molecule has 28 heavy (non-hydrogen) atoms. The molecule has 1 unspecified atom stereocenters. The Morgan fingerprint density at radius 3 is 2.64 bits per heavy atom. The number of carbonyl (C=O) groups is 1. The third kappa shape index (κ3) is 3.53. The lowest BCUT2D eigenvalue weighted by molar-refractivity contribution is -0.139. The SMILES string of the molecule is CCOC(=O)C1=C(N)Oc2cc(C)n(CCOC)c(=O)c2C1c1ccccc1. The second kappa shape index (κ2) is 8.31. The van der Waals surface area contributed by atoms with E-state index in [-0.39, 0.29) is 23.6 Å².